The molecule has 0 heterocycles. The van der Waals surface area contributed by atoms with E-state index < -0.39 is 0 Å². The smallest absolute Gasteiger partial charge is 0.338 e. The summed E-state index contributed by atoms with van der Waals surface area (Å²) in [5, 5.41) is 1.85. The summed E-state index contributed by atoms with van der Waals surface area (Å²) in [6.07, 6.45) is 0. The lowest BCUT2D eigenvalue weighted by molar-refractivity contribution is 0.0526. The molecular formula is C17H20O4. The number of carbonyl (C=O) groups is 1. The first kappa shape index (κ1) is 15.2. The molecule has 0 amide bonds. The largest absolute Gasteiger partial charge is 0.494 e. The molecule has 2 aromatic carbocycles. The molecule has 0 N–H and O–H groups in total. The third-order valence-electron chi connectivity index (χ3n) is 3.01. The fourth-order valence-electron chi connectivity index (χ4n) is 2.18. The first-order valence-electron chi connectivity index (χ1n) is 7.20. The van der Waals surface area contributed by atoms with Gasteiger partial charge in [0, 0.05) is 5.39 Å². The van der Waals surface area contributed by atoms with Crippen molar-refractivity contribution < 1.29 is 19.0 Å². The first-order chi connectivity index (χ1) is 10.2. The van der Waals surface area contributed by atoms with Gasteiger partial charge in [-0.05, 0) is 56.5 Å². The van der Waals surface area contributed by atoms with Crippen LogP contribution in [-0.2, 0) is 4.74 Å². The fraction of sp³-hybridized carbons (Fsp3) is 0.353. The predicted molar refractivity (Wildman–Crippen MR) is 82.2 cm³/mol. The van der Waals surface area contributed by atoms with Gasteiger partial charge in [0.15, 0.2) is 0 Å². The van der Waals surface area contributed by atoms with Crippen molar-refractivity contribution in [3.8, 4) is 11.5 Å². The normalized spacial score (nSPS) is 10.4. The monoisotopic (exact) mass is 288 g/mol. The number of hydrogen-bond acceptors (Lipinski definition) is 4. The number of carbonyl (C=O) groups excluding carboxylic acids is 1. The average molecular weight is 288 g/mol. The van der Waals surface area contributed by atoms with Gasteiger partial charge < -0.3 is 14.2 Å². The van der Waals surface area contributed by atoms with Gasteiger partial charge in [0.1, 0.15) is 11.5 Å². The van der Waals surface area contributed by atoms with E-state index in [9.17, 15) is 4.79 Å². The second-order valence-corrected chi connectivity index (χ2v) is 4.44. The predicted octanol–water partition coefficient (Wildman–Crippen LogP) is 3.81. The zero-order valence-electron chi connectivity index (χ0n) is 12.6. The van der Waals surface area contributed by atoms with Crippen LogP contribution in [0.25, 0.3) is 10.8 Å². The molecule has 0 aliphatic heterocycles. The third kappa shape index (κ3) is 3.45. The van der Waals surface area contributed by atoms with Crippen molar-refractivity contribution in [1.29, 1.82) is 0 Å². The summed E-state index contributed by atoms with van der Waals surface area (Å²) in [4.78, 5) is 11.9. The molecule has 112 valence electrons. The Morgan fingerprint density at radius 1 is 0.952 bits per heavy atom. The average Bonchev–Trinajstić information content (AvgIpc) is 2.47. The lowest BCUT2D eigenvalue weighted by Gasteiger charge is -2.12. The van der Waals surface area contributed by atoms with Crippen molar-refractivity contribution in [1.82, 2.24) is 0 Å². The molecular weight excluding hydrogens is 268 g/mol. The quantitative estimate of drug-likeness (QED) is 0.758. The Morgan fingerprint density at radius 2 is 1.71 bits per heavy atom. The standard InChI is InChI=1S/C17H20O4/c1-4-19-14-7-8-15-12(10-14)9-13(17(18)21-6-3)11-16(15)20-5-2/h7-11H,4-6H2,1-3H3. The SMILES string of the molecule is CCOC(=O)c1cc(OCC)c2ccc(OCC)cc2c1. The van der Waals surface area contributed by atoms with E-state index in [-0.39, 0.29) is 5.97 Å². The summed E-state index contributed by atoms with van der Waals surface area (Å²) in [6, 6.07) is 9.28. The summed E-state index contributed by atoms with van der Waals surface area (Å²) in [6.45, 7) is 7.12. The van der Waals surface area contributed by atoms with E-state index in [0.717, 1.165) is 16.5 Å². The highest BCUT2D eigenvalue weighted by atomic mass is 16.5. The summed E-state index contributed by atoms with van der Waals surface area (Å²) in [5.74, 6) is 1.11. The second-order valence-electron chi connectivity index (χ2n) is 4.44. The second kappa shape index (κ2) is 6.97. The van der Waals surface area contributed by atoms with E-state index in [1.165, 1.54) is 0 Å². The molecule has 21 heavy (non-hydrogen) atoms. The van der Waals surface area contributed by atoms with Gasteiger partial charge in [-0.15, -0.1) is 0 Å². The van der Waals surface area contributed by atoms with Gasteiger partial charge in [-0.25, -0.2) is 4.79 Å². The van der Waals surface area contributed by atoms with E-state index in [0.29, 0.717) is 31.1 Å². The summed E-state index contributed by atoms with van der Waals surface area (Å²) in [7, 11) is 0. The Bertz CT molecular complexity index is 634. The van der Waals surface area contributed by atoms with E-state index in [4.69, 9.17) is 14.2 Å². The molecule has 2 rings (SSSR count). The van der Waals surface area contributed by atoms with Crippen molar-refractivity contribution in [3.05, 3.63) is 35.9 Å². The Kier molecular flexibility index (Phi) is 5.04. The van der Waals surface area contributed by atoms with Gasteiger partial charge in [-0.1, -0.05) is 0 Å². The van der Waals surface area contributed by atoms with Gasteiger partial charge in [-0.3, -0.25) is 0 Å². The molecule has 0 saturated carbocycles. The van der Waals surface area contributed by atoms with E-state index in [1.807, 2.05) is 32.0 Å². The minimum Gasteiger partial charge on any atom is -0.494 e. The highest BCUT2D eigenvalue weighted by molar-refractivity contribution is 5.98. The minimum atomic E-state index is -0.345. The van der Waals surface area contributed by atoms with Crippen molar-refractivity contribution in [2.45, 2.75) is 20.8 Å². The van der Waals surface area contributed by atoms with Crippen LogP contribution in [0.4, 0.5) is 0 Å². The third-order valence-corrected chi connectivity index (χ3v) is 3.01. The van der Waals surface area contributed by atoms with Gasteiger partial charge in [0.05, 0.1) is 25.4 Å². The molecule has 4 nitrogen and oxygen atoms in total. The lowest BCUT2D eigenvalue weighted by atomic mass is 10.1. The molecule has 0 unspecified atom stereocenters. The van der Waals surface area contributed by atoms with Gasteiger partial charge in [0.2, 0.25) is 0 Å². The van der Waals surface area contributed by atoms with Crippen LogP contribution >= 0.6 is 0 Å². The van der Waals surface area contributed by atoms with Gasteiger partial charge in [0.25, 0.3) is 0 Å². The molecule has 0 aliphatic carbocycles. The maximum absolute atomic E-state index is 11.9. The van der Waals surface area contributed by atoms with Crippen molar-refractivity contribution in [2.75, 3.05) is 19.8 Å². The molecule has 0 fully saturated rings. The lowest BCUT2D eigenvalue weighted by Crippen LogP contribution is -2.05. The molecule has 0 saturated heterocycles. The van der Waals surface area contributed by atoms with Crippen LogP contribution in [0.1, 0.15) is 31.1 Å². The highest BCUT2D eigenvalue weighted by Gasteiger charge is 2.12. The minimum absolute atomic E-state index is 0.345. The van der Waals surface area contributed by atoms with Crippen molar-refractivity contribution >= 4 is 16.7 Å². The van der Waals surface area contributed by atoms with Gasteiger partial charge in [-0.2, -0.15) is 0 Å². The molecule has 2 aromatic rings. The van der Waals surface area contributed by atoms with E-state index in [2.05, 4.69) is 0 Å². The van der Waals surface area contributed by atoms with Gasteiger partial charge >= 0.3 is 5.97 Å². The number of fused-ring (bicyclic) bond motifs is 1. The van der Waals surface area contributed by atoms with E-state index >= 15 is 0 Å². The topological polar surface area (TPSA) is 44.8 Å². The first-order valence-corrected chi connectivity index (χ1v) is 7.20. The summed E-state index contributed by atoms with van der Waals surface area (Å²) >= 11 is 0. The summed E-state index contributed by atoms with van der Waals surface area (Å²) < 4.78 is 16.2. The maximum atomic E-state index is 11.9. The van der Waals surface area contributed by atoms with Crippen LogP contribution in [0.2, 0.25) is 0 Å². The highest BCUT2D eigenvalue weighted by Crippen LogP contribution is 2.31. The Hall–Kier alpha value is -2.23. The van der Waals surface area contributed by atoms with E-state index in [1.54, 1.807) is 19.1 Å². The van der Waals surface area contributed by atoms with Crippen molar-refractivity contribution in [2.24, 2.45) is 0 Å². The Balaban J connectivity index is 2.53. The molecule has 4 heteroatoms. The van der Waals surface area contributed by atoms with Crippen LogP contribution in [0, 0.1) is 0 Å². The summed E-state index contributed by atoms with van der Waals surface area (Å²) in [5.41, 5.74) is 0.487. The Morgan fingerprint density at radius 3 is 2.38 bits per heavy atom. The number of ether oxygens (including phenoxy) is 3. The number of benzene rings is 2. The molecule has 0 bridgehead atoms. The van der Waals surface area contributed by atoms with Crippen LogP contribution in [0.3, 0.4) is 0 Å². The Labute approximate surface area is 124 Å². The number of esters is 1. The molecule has 0 radical (unpaired) electrons. The van der Waals surface area contributed by atoms with Crippen LogP contribution in [-0.4, -0.2) is 25.8 Å². The molecule has 0 atom stereocenters. The fourth-order valence-corrected chi connectivity index (χ4v) is 2.18. The van der Waals surface area contributed by atoms with Crippen LogP contribution < -0.4 is 9.47 Å². The number of hydrogen-bond donors (Lipinski definition) is 0. The molecule has 0 aliphatic rings. The molecule has 0 spiro atoms. The zero-order valence-corrected chi connectivity index (χ0v) is 12.6. The van der Waals surface area contributed by atoms with Crippen molar-refractivity contribution in [3.63, 3.8) is 0 Å². The van der Waals surface area contributed by atoms with Crippen LogP contribution in [0.15, 0.2) is 30.3 Å². The maximum Gasteiger partial charge on any atom is 0.338 e. The van der Waals surface area contributed by atoms with Crippen LogP contribution in [0.5, 0.6) is 11.5 Å². The molecule has 0 aromatic heterocycles. The number of rotatable bonds is 6. The zero-order chi connectivity index (χ0) is 15.2.